The first-order valence-electron chi connectivity index (χ1n) is 9.57. The van der Waals surface area contributed by atoms with Crippen LogP contribution < -0.4 is 15.9 Å². The number of fused-ring (bicyclic) bond motifs is 2. The molecule has 0 nitrogen and oxygen atoms in total. The second-order valence-electron chi connectivity index (χ2n) is 7.48. The molecule has 0 aromatic heterocycles. The van der Waals surface area contributed by atoms with Crippen LogP contribution in [0.25, 0.3) is 0 Å². The van der Waals surface area contributed by atoms with Gasteiger partial charge < -0.3 is 0 Å². The van der Waals surface area contributed by atoms with Crippen LogP contribution in [-0.4, -0.2) is 0 Å². The summed E-state index contributed by atoms with van der Waals surface area (Å²) in [4.78, 5) is 0. The largest absolute Gasteiger partial charge is 0.0851 e. The Morgan fingerprint density at radius 1 is 0.577 bits per heavy atom. The molecule has 3 aromatic rings. The Bertz CT molecular complexity index is 856. The van der Waals surface area contributed by atoms with E-state index in [2.05, 4.69) is 97.1 Å². The molecule has 0 saturated heterocycles. The average molecular weight is 354 g/mol. The van der Waals surface area contributed by atoms with Gasteiger partial charge in [0.2, 0.25) is 0 Å². The summed E-state index contributed by atoms with van der Waals surface area (Å²) in [5.74, 6) is 2.34. The summed E-state index contributed by atoms with van der Waals surface area (Å²) in [6, 6.07) is 31.5. The van der Waals surface area contributed by atoms with Crippen LogP contribution in [0.4, 0.5) is 0 Å². The number of hydrogen-bond donors (Lipinski definition) is 0. The minimum atomic E-state index is -0.490. The maximum atomic E-state index is 2.45. The highest BCUT2D eigenvalue weighted by atomic mass is 31.1. The molecule has 0 N–H and O–H groups in total. The first-order chi connectivity index (χ1) is 12.9. The Hall–Kier alpha value is -2.17. The van der Waals surface area contributed by atoms with E-state index in [1.165, 1.54) is 34.3 Å². The summed E-state index contributed by atoms with van der Waals surface area (Å²) in [5.41, 5.74) is 1.53. The molecular formula is C25H23P. The molecule has 128 valence electrons. The van der Waals surface area contributed by atoms with Crippen molar-refractivity contribution in [1.29, 1.82) is 0 Å². The molecule has 0 spiro atoms. The molecule has 26 heavy (non-hydrogen) atoms. The van der Waals surface area contributed by atoms with E-state index in [0.717, 1.165) is 17.8 Å². The van der Waals surface area contributed by atoms with Crippen LogP contribution in [0, 0.1) is 11.8 Å². The van der Waals surface area contributed by atoms with Crippen molar-refractivity contribution in [3.63, 3.8) is 0 Å². The summed E-state index contributed by atoms with van der Waals surface area (Å²) < 4.78 is 0. The van der Waals surface area contributed by atoms with Gasteiger partial charge in [-0.2, -0.15) is 0 Å². The zero-order valence-electron chi connectivity index (χ0n) is 14.8. The van der Waals surface area contributed by atoms with Crippen LogP contribution in [0.1, 0.15) is 24.3 Å². The molecule has 0 heterocycles. The second-order valence-corrected chi connectivity index (χ2v) is 9.70. The maximum Gasteiger partial charge on any atom is -0.00932 e. The molecule has 2 aliphatic rings. The molecule has 1 heteroatoms. The molecular weight excluding hydrogens is 331 g/mol. The van der Waals surface area contributed by atoms with E-state index < -0.39 is 7.92 Å². The van der Waals surface area contributed by atoms with Gasteiger partial charge in [-0.15, -0.1) is 0 Å². The lowest BCUT2D eigenvalue weighted by atomic mass is 9.87. The monoisotopic (exact) mass is 354 g/mol. The quantitative estimate of drug-likeness (QED) is 0.450. The maximum absolute atomic E-state index is 2.45. The van der Waals surface area contributed by atoms with Gasteiger partial charge in [-0.05, 0) is 60.0 Å². The molecule has 3 aromatic carbocycles. The van der Waals surface area contributed by atoms with E-state index >= 15 is 0 Å². The van der Waals surface area contributed by atoms with Gasteiger partial charge >= 0.3 is 0 Å². The summed E-state index contributed by atoms with van der Waals surface area (Å²) in [5, 5.41) is 4.29. The summed E-state index contributed by atoms with van der Waals surface area (Å²) in [7, 11) is -0.490. The first-order valence-corrected chi connectivity index (χ1v) is 10.9. The van der Waals surface area contributed by atoms with Crippen molar-refractivity contribution in [2.24, 2.45) is 11.8 Å². The fourth-order valence-corrected chi connectivity index (χ4v) is 6.92. The second kappa shape index (κ2) is 6.86. The molecule has 0 amide bonds. The highest BCUT2D eigenvalue weighted by Gasteiger charge is 2.36. The van der Waals surface area contributed by atoms with Gasteiger partial charge in [-0.3, -0.25) is 0 Å². The molecule has 2 aliphatic carbocycles. The van der Waals surface area contributed by atoms with Gasteiger partial charge in [0.15, 0.2) is 0 Å². The van der Waals surface area contributed by atoms with E-state index in [9.17, 15) is 0 Å². The Kier molecular flexibility index (Phi) is 4.23. The third kappa shape index (κ3) is 2.93. The van der Waals surface area contributed by atoms with E-state index in [1.807, 2.05) is 0 Å². The molecule has 5 rings (SSSR count). The number of hydrogen-bond acceptors (Lipinski definition) is 0. The summed E-state index contributed by atoms with van der Waals surface area (Å²) in [6.45, 7) is 0. The highest BCUT2D eigenvalue weighted by Crippen LogP contribution is 2.48. The first kappa shape index (κ1) is 16.0. The standard InChI is InChI=1S/C25H23P/c1-3-7-22(8-4-1)26(23-9-5-2-6-10-23)24-15-13-20(14-16-24)25-18-19-11-12-21(25)17-19/h1-16,19,21,25H,17-18H2/t19?,21-,25-/m1/s1. The Morgan fingerprint density at radius 2 is 1.15 bits per heavy atom. The molecule has 1 unspecified atom stereocenters. The van der Waals surface area contributed by atoms with Gasteiger partial charge in [0.25, 0.3) is 0 Å². The Labute approximate surface area is 157 Å². The molecule has 2 bridgehead atoms. The van der Waals surface area contributed by atoms with Gasteiger partial charge in [0, 0.05) is 0 Å². The van der Waals surface area contributed by atoms with E-state index in [1.54, 1.807) is 0 Å². The van der Waals surface area contributed by atoms with Crippen molar-refractivity contribution in [2.75, 3.05) is 0 Å². The van der Waals surface area contributed by atoms with Crippen molar-refractivity contribution < 1.29 is 0 Å². The highest BCUT2D eigenvalue weighted by molar-refractivity contribution is 7.79. The minimum absolute atomic E-state index is 0.490. The van der Waals surface area contributed by atoms with Crippen molar-refractivity contribution in [1.82, 2.24) is 0 Å². The average Bonchev–Trinajstić information content (AvgIpc) is 3.34. The lowest BCUT2D eigenvalue weighted by Crippen LogP contribution is -2.20. The van der Waals surface area contributed by atoms with Crippen molar-refractivity contribution >= 4 is 23.8 Å². The predicted molar refractivity (Wildman–Crippen MR) is 113 cm³/mol. The van der Waals surface area contributed by atoms with E-state index in [0.29, 0.717) is 0 Å². The Morgan fingerprint density at radius 3 is 1.65 bits per heavy atom. The topological polar surface area (TPSA) is 0 Å². The molecule has 0 aliphatic heterocycles. The smallest absolute Gasteiger partial charge is 0.00932 e. The number of benzene rings is 3. The summed E-state index contributed by atoms with van der Waals surface area (Å²) in [6.07, 6.45) is 7.59. The summed E-state index contributed by atoms with van der Waals surface area (Å²) >= 11 is 0. The Balaban J connectivity index is 1.50. The number of allylic oxidation sites excluding steroid dienone is 2. The third-order valence-electron chi connectivity index (χ3n) is 5.89. The normalized spacial score (nSPS) is 23.7. The molecule has 1 fully saturated rings. The van der Waals surface area contributed by atoms with Crippen LogP contribution in [-0.2, 0) is 0 Å². The van der Waals surface area contributed by atoms with Gasteiger partial charge in [0.1, 0.15) is 0 Å². The van der Waals surface area contributed by atoms with Gasteiger partial charge in [-0.1, -0.05) is 97.1 Å². The zero-order valence-corrected chi connectivity index (χ0v) is 15.7. The van der Waals surface area contributed by atoms with Crippen LogP contribution in [0.15, 0.2) is 97.1 Å². The third-order valence-corrected chi connectivity index (χ3v) is 8.33. The predicted octanol–water partition coefficient (Wildman–Crippen LogP) is 5.12. The lowest BCUT2D eigenvalue weighted by Gasteiger charge is -2.22. The molecule has 3 atom stereocenters. The van der Waals surface area contributed by atoms with Crippen LogP contribution in [0.2, 0.25) is 0 Å². The van der Waals surface area contributed by atoms with Crippen LogP contribution in [0.3, 0.4) is 0 Å². The SMILES string of the molecule is C1=C[C@@H]2CC1C[C@@H]2c1ccc(P(c2ccccc2)c2ccccc2)cc1. The fraction of sp³-hybridized carbons (Fsp3) is 0.200. The van der Waals surface area contributed by atoms with E-state index in [4.69, 9.17) is 0 Å². The van der Waals surface area contributed by atoms with Crippen LogP contribution in [0.5, 0.6) is 0 Å². The fourth-order valence-electron chi connectivity index (χ4n) is 4.64. The van der Waals surface area contributed by atoms with E-state index in [-0.39, 0.29) is 0 Å². The van der Waals surface area contributed by atoms with Crippen molar-refractivity contribution in [3.05, 3.63) is 103 Å². The molecule has 1 saturated carbocycles. The zero-order chi connectivity index (χ0) is 17.3. The van der Waals surface area contributed by atoms with Crippen LogP contribution >= 0.6 is 7.92 Å². The lowest BCUT2D eigenvalue weighted by molar-refractivity contribution is 0.586. The van der Waals surface area contributed by atoms with Gasteiger partial charge in [0.05, 0.1) is 0 Å². The van der Waals surface area contributed by atoms with Crippen molar-refractivity contribution in [3.8, 4) is 0 Å². The van der Waals surface area contributed by atoms with Crippen molar-refractivity contribution in [2.45, 2.75) is 18.8 Å². The van der Waals surface area contributed by atoms with Gasteiger partial charge in [-0.25, -0.2) is 0 Å². The molecule has 0 radical (unpaired) electrons. The number of rotatable bonds is 4. The minimum Gasteiger partial charge on any atom is -0.0851 e.